The number of amides is 3. The normalized spacial score (nSPS) is 37.2. The predicted molar refractivity (Wildman–Crippen MR) is 178 cm³/mol. The molecule has 318 valence electrons. The zero-order valence-corrected chi connectivity index (χ0v) is 30.2. The Balaban J connectivity index is 1.52. The Morgan fingerprint density at radius 2 is 1.61 bits per heavy atom. The Hall–Kier alpha value is -3.44. The first-order valence-electron chi connectivity index (χ1n) is 17.5. The molecule has 0 aromatic carbocycles. The van der Waals surface area contributed by atoms with Crippen LogP contribution in [0.4, 0.5) is 0 Å². The third kappa shape index (κ3) is 10.5. The van der Waals surface area contributed by atoms with E-state index in [4.69, 9.17) is 38.6 Å². The molecule has 4 rings (SSSR count). The van der Waals surface area contributed by atoms with Crippen LogP contribution < -0.4 is 21.7 Å². The van der Waals surface area contributed by atoms with Crippen molar-refractivity contribution >= 4 is 23.7 Å². The second kappa shape index (κ2) is 19.8. The molecule has 0 saturated carbocycles. The predicted octanol–water partition coefficient (Wildman–Crippen LogP) is -7.07. The average molecular weight is 811 g/mol. The number of carbonyl (C=O) groups excluding carboxylic acids is 3. The van der Waals surface area contributed by atoms with Gasteiger partial charge < -0.3 is 100 Å². The highest BCUT2D eigenvalue weighted by Gasteiger charge is 2.57. The summed E-state index contributed by atoms with van der Waals surface area (Å²) in [7, 11) is 0. The number of carbonyl (C=O) groups is 4. The van der Waals surface area contributed by atoms with Crippen LogP contribution in [0.1, 0.15) is 30.8 Å². The second-order valence-electron chi connectivity index (χ2n) is 13.4. The zero-order valence-electron chi connectivity index (χ0n) is 30.2. The van der Waals surface area contributed by atoms with Crippen LogP contribution in [0.15, 0.2) is 22.8 Å². The molecule has 3 saturated heterocycles. The summed E-state index contributed by atoms with van der Waals surface area (Å²) in [6, 6.07) is -0.0883. The summed E-state index contributed by atoms with van der Waals surface area (Å²) in [6.45, 7) is -0.252. The van der Waals surface area contributed by atoms with Gasteiger partial charge in [-0.15, -0.1) is 0 Å². The Morgan fingerprint density at radius 3 is 2.20 bits per heavy atom. The molecule has 0 radical (unpaired) electrons. The molecule has 16 atom stereocenters. The third-order valence-electron chi connectivity index (χ3n) is 9.28. The van der Waals surface area contributed by atoms with Crippen LogP contribution in [-0.4, -0.2) is 200 Å². The van der Waals surface area contributed by atoms with E-state index in [1.54, 1.807) is 0 Å². The molecular formula is C32H50N4O20. The lowest BCUT2D eigenvalue weighted by Crippen LogP contribution is -2.69. The van der Waals surface area contributed by atoms with Crippen molar-refractivity contribution in [1.82, 2.24) is 16.0 Å². The molecule has 3 aliphatic heterocycles. The van der Waals surface area contributed by atoms with Gasteiger partial charge >= 0.3 is 5.97 Å². The fraction of sp³-hybridized carbons (Fsp3) is 0.750. The quantitative estimate of drug-likeness (QED) is 0.0695. The molecule has 0 unspecified atom stereocenters. The first-order valence-corrected chi connectivity index (χ1v) is 17.5. The molecule has 0 bridgehead atoms. The number of aliphatic hydroxyl groups excluding tert-OH is 8. The van der Waals surface area contributed by atoms with Gasteiger partial charge in [0.1, 0.15) is 61.0 Å². The van der Waals surface area contributed by atoms with Gasteiger partial charge in [-0.2, -0.15) is 0 Å². The monoisotopic (exact) mass is 810 g/mol. The van der Waals surface area contributed by atoms with Crippen LogP contribution in [0.3, 0.4) is 0 Å². The maximum absolute atomic E-state index is 12.7. The van der Waals surface area contributed by atoms with Crippen molar-refractivity contribution in [2.75, 3.05) is 32.9 Å². The summed E-state index contributed by atoms with van der Waals surface area (Å²) in [5.74, 6) is -7.05. The van der Waals surface area contributed by atoms with Gasteiger partial charge in [-0.05, 0) is 12.1 Å². The van der Waals surface area contributed by atoms with Crippen LogP contribution in [0.5, 0.6) is 0 Å². The minimum absolute atomic E-state index is 0.0390. The highest BCUT2D eigenvalue weighted by Crippen LogP contribution is 2.35. The number of hydrogen-bond donors (Lipinski definition) is 13. The largest absolute Gasteiger partial charge is 0.477 e. The molecular weight excluding hydrogens is 760 g/mol. The molecule has 1 aromatic heterocycles. The molecule has 0 aliphatic carbocycles. The van der Waals surface area contributed by atoms with E-state index in [0.29, 0.717) is 0 Å². The fourth-order valence-corrected chi connectivity index (χ4v) is 6.47. The number of carboxylic acid groups (broad SMARTS) is 1. The van der Waals surface area contributed by atoms with Crippen LogP contribution in [0, 0.1) is 0 Å². The summed E-state index contributed by atoms with van der Waals surface area (Å²) in [6.07, 6.45) is -23.2. The number of rotatable bonds is 17. The number of hydrogen-bond acceptors (Lipinski definition) is 20. The van der Waals surface area contributed by atoms with Crippen LogP contribution in [0.2, 0.25) is 0 Å². The fourth-order valence-electron chi connectivity index (χ4n) is 6.47. The lowest BCUT2D eigenvalue weighted by atomic mass is 9.88. The molecule has 0 spiro atoms. The van der Waals surface area contributed by atoms with Crippen LogP contribution in [-0.2, 0) is 42.8 Å². The molecule has 24 heteroatoms. The summed E-state index contributed by atoms with van der Waals surface area (Å²) >= 11 is 0. The summed E-state index contributed by atoms with van der Waals surface area (Å²) in [5.41, 5.74) is 5.48. The minimum Gasteiger partial charge on any atom is -0.477 e. The van der Waals surface area contributed by atoms with Crippen molar-refractivity contribution in [1.29, 1.82) is 0 Å². The van der Waals surface area contributed by atoms with Gasteiger partial charge in [-0.25, -0.2) is 4.79 Å². The smallest absolute Gasteiger partial charge is 0.364 e. The van der Waals surface area contributed by atoms with Gasteiger partial charge in [0.25, 0.3) is 11.7 Å². The maximum Gasteiger partial charge on any atom is 0.364 e. The van der Waals surface area contributed by atoms with Crippen LogP contribution in [0.25, 0.3) is 0 Å². The lowest BCUT2D eigenvalue weighted by Gasteiger charge is -2.48. The van der Waals surface area contributed by atoms with E-state index in [1.165, 1.54) is 18.4 Å². The second-order valence-corrected chi connectivity index (χ2v) is 13.4. The van der Waals surface area contributed by atoms with Crippen molar-refractivity contribution in [3.8, 4) is 0 Å². The SMILES string of the molecule is CC(=O)N[C@H]1[C@H](OCCN)O[C@H](CO)[C@@H](O[C@@H]2O[C@H](CO[C@]3(C(=O)O)C[C@H](O)[C@@H](NC(C)=O)[C@H]([C@H](O)[C@H](O)CNC(=O)c4ccco4)O3)[C@H](O)[C@H](O)[C@H]2O)[C@@H]1O. The topological polar surface area (TPSA) is 381 Å². The number of carboxylic acids is 1. The summed E-state index contributed by atoms with van der Waals surface area (Å²) in [4.78, 5) is 49.0. The molecule has 3 fully saturated rings. The first-order chi connectivity index (χ1) is 26.4. The Kier molecular flexibility index (Phi) is 16.0. The molecule has 3 amide bonds. The molecule has 14 N–H and O–H groups in total. The Labute approximate surface area is 318 Å². The van der Waals surface area contributed by atoms with E-state index in [1.807, 2.05) is 0 Å². The zero-order chi connectivity index (χ0) is 41.5. The van der Waals surface area contributed by atoms with E-state index in [-0.39, 0.29) is 18.9 Å². The van der Waals surface area contributed by atoms with Crippen molar-refractivity contribution in [2.24, 2.45) is 5.73 Å². The van der Waals surface area contributed by atoms with E-state index in [2.05, 4.69) is 16.0 Å². The maximum atomic E-state index is 12.7. The van der Waals surface area contributed by atoms with Gasteiger partial charge in [0.2, 0.25) is 11.8 Å². The first kappa shape index (κ1) is 45.3. The van der Waals surface area contributed by atoms with E-state index < -0.39 is 147 Å². The van der Waals surface area contributed by atoms with E-state index in [9.17, 15) is 65.1 Å². The number of nitrogens with two attached hydrogens (primary N) is 1. The van der Waals surface area contributed by atoms with Crippen molar-refractivity contribution in [3.05, 3.63) is 24.2 Å². The van der Waals surface area contributed by atoms with Gasteiger partial charge in [0.05, 0.1) is 44.3 Å². The number of aliphatic carboxylic acids is 1. The van der Waals surface area contributed by atoms with E-state index in [0.717, 1.165) is 13.8 Å². The summed E-state index contributed by atoms with van der Waals surface area (Å²) in [5, 5.41) is 104. The Morgan fingerprint density at radius 1 is 0.946 bits per heavy atom. The minimum atomic E-state index is -2.89. The highest BCUT2D eigenvalue weighted by atomic mass is 16.8. The van der Waals surface area contributed by atoms with Gasteiger partial charge in [-0.1, -0.05) is 0 Å². The average Bonchev–Trinajstić information content (AvgIpc) is 3.70. The van der Waals surface area contributed by atoms with E-state index >= 15 is 0 Å². The van der Waals surface area contributed by atoms with Gasteiger partial charge in [0, 0.05) is 33.4 Å². The number of ether oxygens (including phenoxy) is 6. The standard InChI is InChI=1S/C32H50N4O20/c1-12(38)35-19-14(40)8-32(31(48)49,56-27(19)21(42)15(41)9-34-28(47)16-4-3-6-50-16)52-11-18-22(43)24(45)25(46)30(54-18)55-26-17(10-37)53-29(51-7-5-33)20(23(26)44)36-13(2)39/h3-4,6,14-15,17-27,29-30,37,40-46H,5,7-11,33H2,1-2H3,(H,34,47)(H,35,38)(H,36,39)(H,48,49)/t14-,15+,17+,18+,19+,20+,21+,22-,23+,24-,25+,26+,27+,29+,30-,32+/m0/s1. The highest BCUT2D eigenvalue weighted by molar-refractivity contribution is 5.91. The van der Waals surface area contributed by atoms with Crippen molar-refractivity contribution < 1.29 is 98.0 Å². The third-order valence-corrected chi connectivity index (χ3v) is 9.28. The molecule has 24 nitrogen and oxygen atoms in total. The van der Waals surface area contributed by atoms with Gasteiger partial charge in [-0.3, -0.25) is 14.4 Å². The van der Waals surface area contributed by atoms with Crippen molar-refractivity contribution in [2.45, 2.75) is 118 Å². The Bertz CT molecular complexity index is 1460. The van der Waals surface area contributed by atoms with Gasteiger partial charge in [0.15, 0.2) is 18.3 Å². The number of furan rings is 1. The number of nitrogens with one attached hydrogen (secondary N) is 3. The molecule has 3 aliphatic rings. The molecule has 1 aromatic rings. The summed E-state index contributed by atoms with van der Waals surface area (Å²) < 4.78 is 38.8. The molecule has 56 heavy (non-hydrogen) atoms. The van der Waals surface area contributed by atoms with Crippen LogP contribution >= 0.6 is 0 Å². The lowest BCUT2D eigenvalue weighted by molar-refractivity contribution is -0.359. The number of aliphatic hydroxyl groups is 8. The molecule has 4 heterocycles. The van der Waals surface area contributed by atoms with Crippen molar-refractivity contribution in [3.63, 3.8) is 0 Å².